The van der Waals surface area contributed by atoms with Crippen LogP contribution in [0.15, 0.2) is 12.4 Å². The molecule has 1 aromatic heterocycles. The van der Waals surface area contributed by atoms with Gasteiger partial charge < -0.3 is 11.5 Å². The molecule has 0 aliphatic carbocycles. The molecule has 0 unspecified atom stereocenters. The van der Waals surface area contributed by atoms with E-state index in [0.717, 1.165) is 13.1 Å². The number of aromatic nitrogens is 2. The lowest BCUT2D eigenvalue weighted by molar-refractivity contribution is -0.119. The van der Waals surface area contributed by atoms with E-state index in [-0.39, 0.29) is 12.5 Å². The van der Waals surface area contributed by atoms with Crippen molar-refractivity contribution in [3.8, 4) is 0 Å². The summed E-state index contributed by atoms with van der Waals surface area (Å²) in [7, 11) is 0. The Morgan fingerprint density at radius 1 is 1.59 bits per heavy atom. The molecule has 1 aromatic rings. The van der Waals surface area contributed by atoms with Crippen LogP contribution in [0.25, 0.3) is 0 Å². The number of anilines is 1. The molecule has 17 heavy (non-hydrogen) atoms. The number of amides is 1. The third kappa shape index (κ3) is 5.35. The summed E-state index contributed by atoms with van der Waals surface area (Å²) in [5.41, 5.74) is 11.4. The fraction of sp³-hybridized carbons (Fsp3) is 0.636. The van der Waals surface area contributed by atoms with Crippen molar-refractivity contribution >= 4 is 11.6 Å². The zero-order valence-corrected chi connectivity index (χ0v) is 10.5. The summed E-state index contributed by atoms with van der Waals surface area (Å²) >= 11 is 0. The summed E-state index contributed by atoms with van der Waals surface area (Å²) in [6.45, 7) is 6.80. The number of carbonyl (C=O) groups excluding carboxylic acids is 1. The summed E-state index contributed by atoms with van der Waals surface area (Å²) in [6.07, 6.45) is 3.39. The van der Waals surface area contributed by atoms with Crippen LogP contribution >= 0.6 is 0 Å². The van der Waals surface area contributed by atoms with Gasteiger partial charge in [-0.15, -0.1) is 0 Å². The summed E-state index contributed by atoms with van der Waals surface area (Å²) in [5.74, 6) is 0.197. The molecule has 0 spiro atoms. The van der Waals surface area contributed by atoms with Crippen molar-refractivity contribution in [2.45, 2.75) is 20.4 Å². The molecule has 0 atom stereocenters. The van der Waals surface area contributed by atoms with Crippen molar-refractivity contribution in [2.24, 2.45) is 11.7 Å². The Bertz CT molecular complexity index is 360. The van der Waals surface area contributed by atoms with E-state index in [1.165, 1.54) is 0 Å². The quantitative estimate of drug-likeness (QED) is 0.695. The molecule has 0 radical (unpaired) electrons. The lowest BCUT2D eigenvalue weighted by Crippen LogP contribution is -2.38. The first-order valence-corrected chi connectivity index (χ1v) is 5.76. The summed E-state index contributed by atoms with van der Waals surface area (Å²) in [5, 5.41) is 4.09. The molecule has 0 bridgehead atoms. The number of carbonyl (C=O) groups is 1. The average molecular weight is 239 g/mol. The maximum Gasteiger partial charge on any atom is 0.231 e. The fourth-order valence-electron chi connectivity index (χ4n) is 1.72. The minimum Gasteiger partial charge on any atom is -0.396 e. The van der Waals surface area contributed by atoms with Crippen LogP contribution in [0.2, 0.25) is 0 Å². The highest BCUT2D eigenvalue weighted by molar-refractivity contribution is 5.75. The van der Waals surface area contributed by atoms with E-state index in [1.807, 2.05) is 4.90 Å². The number of nitrogens with zero attached hydrogens (tertiary/aromatic N) is 3. The molecule has 0 saturated heterocycles. The van der Waals surface area contributed by atoms with E-state index >= 15 is 0 Å². The second-order valence-electron chi connectivity index (χ2n) is 4.63. The zero-order chi connectivity index (χ0) is 12.8. The van der Waals surface area contributed by atoms with Crippen molar-refractivity contribution in [1.29, 1.82) is 0 Å². The van der Waals surface area contributed by atoms with Crippen molar-refractivity contribution in [1.82, 2.24) is 14.7 Å². The Kier molecular flexibility index (Phi) is 4.96. The molecule has 1 amide bonds. The molecular weight excluding hydrogens is 218 g/mol. The minimum absolute atomic E-state index is 0.287. The molecule has 0 aromatic carbocycles. The molecule has 1 rings (SSSR count). The molecular formula is C11H21N5O. The molecule has 0 saturated carbocycles. The maximum atomic E-state index is 10.9. The van der Waals surface area contributed by atoms with E-state index in [1.54, 1.807) is 17.1 Å². The van der Waals surface area contributed by atoms with Gasteiger partial charge in [-0.3, -0.25) is 14.4 Å². The molecule has 96 valence electrons. The van der Waals surface area contributed by atoms with Crippen molar-refractivity contribution < 1.29 is 4.79 Å². The largest absolute Gasteiger partial charge is 0.396 e. The van der Waals surface area contributed by atoms with Gasteiger partial charge in [0.15, 0.2) is 0 Å². The third-order valence-corrected chi connectivity index (χ3v) is 2.30. The van der Waals surface area contributed by atoms with Gasteiger partial charge in [-0.05, 0) is 5.92 Å². The second-order valence-corrected chi connectivity index (χ2v) is 4.63. The van der Waals surface area contributed by atoms with Crippen molar-refractivity contribution in [3.63, 3.8) is 0 Å². The topological polar surface area (TPSA) is 90.2 Å². The Hall–Kier alpha value is -1.56. The fourth-order valence-corrected chi connectivity index (χ4v) is 1.72. The van der Waals surface area contributed by atoms with Gasteiger partial charge in [-0.2, -0.15) is 5.10 Å². The lowest BCUT2D eigenvalue weighted by Gasteiger charge is -2.22. The smallest absolute Gasteiger partial charge is 0.231 e. The average Bonchev–Trinajstić information content (AvgIpc) is 2.59. The monoisotopic (exact) mass is 239 g/mol. The van der Waals surface area contributed by atoms with Crippen LogP contribution in [0, 0.1) is 5.92 Å². The number of rotatable bonds is 7. The van der Waals surface area contributed by atoms with Gasteiger partial charge in [0.05, 0.1) is 25.0 Å². The maximum absolute atomic E-state index is 10.9. The molecule has 6 heteroatoms. The number of nitrogen functional groups attached to an aromatic ring is 1. The Morgan fingerprint density at radius 2 is 2.29 bits per heavy atom. The molecule has 0 aliphatic rings. The first-order valence-electron chi connectivity index (χ1n) is 5.76. The van der Waals surface area contributed by atoms with Gasteiger partial charge >= 0.3 is 0 Å². The number of nitrogens with two attached hydrogens (primary N) is 2. The van der Waals surface area contributed by atoms with Gasteiger partial charge in [-0.25, -0.2) is 0 Å². The van der Waals surface area contributed by atoms with Crippen molar-refractivity contribution in [2.75, 3.05) is 25.4 Å². The first-order chi connectivity index (χ1) is 7.97. The number of hydrogen-bond donors (Lipinski definition) is 2. The third-order valence-electron chi connectivity index (χ3n) is 2.30. The highest BCUT2D eigenvalue weighted by Crippen LogP contribution is 2.01. The van der Waals surface area contributed by atoms with Gasteiger partial charge in [0.1, 0.15) is 0 Å². The highest BCUT2D eigenvalue weighted by atomic mass is 16.1. The van der Waals surface area contributed by atoms with E-state index in [2.05, 4.69) is 18.9 Å². The molecule has 0 fully saturated rings. The summed E-state index contributed by atoms with van der Waals surface area (Å²) in [6, 6.07) is 0. The van der Waals surface area contributed by atoms with Gasteiger partial charge in [0.2, 0.25) is 5.91 Å². The predicted octanol–water partition coefficient (Wildman–Crippen LogP) is -0.0914. The van der Waals surface area contributed by atoms with E-state index < -0.39 is 0 Å². The molecule has 1 heterocycles. The number of hydrogen-bond acceptors (Lipinski definition) is 4. The molecule has 0 aliphatic heterocycles. The van der Waals surface area contributed by atoms with Gasteiger partial charge in [0.25, 0.3) is 0 Å². The summed E-state index contributed by atoms with van der Waals surface area (Å²) < 4.78 is 1.77. The Morgan fingerprint density at radius 3 is 2.76 bits per heavy atom. The number of primary amides is 1. The Balaban J connectivity index is 2.45. The minimum atomic E-state index is -0.300. The SMILES string of the molecule is CC(C)CN(CCn1cc(N)cn1)CC(N)=O. The van der Waals surface area contributed by atoms with Gasteiger partial charge in [-0.1, -0.05) is 13.8 Å². The van der Waals surface area contributed by atoms with Crippen LogP contribution in [0.1, 0.15) is 13.8 Å². The van der Waals surface area contributed by atoms with Crippen LogP contribution in [-0.2, 0) is 11.3 Å². The predicted molar refractivity (Wildman–Crippen MR) is 67.1 cm³/mol. The normalized spacial score (nSPS) is 11.3. The molecule has 4 N–H and O–H groups in total. The van der Waals surface area contributed by atoms with Crippen LogP contribution in [0.3, 0.4) is 0 Å². The zero-order valence-electron chi connectivity index (χ0n) is 10.5. The van der Waals surface area contributed by atoms with E-state index in [0.29, 0.717) is 18.2 Å². The standard InChI is InChI=1S/C11H21N5O/c1-9(2)6-15(8-11(13)17)3-4-16-7-10(12)5-14-16/h5,7,9H,3-4,6,8,12H2,1-2H3,(H2,13,17). The second kappa shape index (κ2) is 6.24. The van der Waals surface area contributed by atoms with E-state index in [4.69, 9.17) is 11.5 Å². The first kappa shape index (κ1) is 13.5. The van der Waals surface area contributed by atoms with Crippen molar-refractivity contribution in [3.05, 3.63) is 12.4 Å². The van der Waals surface area contributed by atoms with Gasteiger partial charge in [0, 0.05) is 19.3 Å². The Labute approximate surface area is 102 Å². The highest BCUT2D eigenvalue weighted by Gasteiger charge is 2.10. The van der Waals surface area contributed by atoms with E-state index in [9.17, 15) is 4.79 Å². The van der Waals surface area contributed by atoms with Crippen LogP contribution < -0.4 is 11.5 Å². The summed E-state index contributed by atoms with van der Waals surface area (Å²) in [4.78, 5) is 13.0. The molecule has 6 nitrogen and oxygen atoms in total. The van der Waals surface area contributed by atoms with Crippen LogP contribution in [-0.4, -0.2) is 40.2 Å². The van der Waals surface area contributed by atoms with Crippen LogP contribution in [0.4, 0.5) is 5.69 Å². The lowest BCUT2D eigenvalue weighted by atomic mass is 10.2. The van der Waals surface area contributed by atoms with Crippen LogP contribution in [0.5, 0.6) is 0 Å².